The van der Waals surface area contributed by atoms with E-state index < -0.39 is 6.29 Å². The molecule has 29 heavy (non-hydrogen) atoms. The lowest BCUT2D eigenvalue weighted by atomic mass is 9.97. The van der Waals surface area contributed by atoms with Gasteiger partial charge >= 0.3 is 0 Å². The molecule has 1 saturated carbocycles. The molecule has 5 heteroatoms. The van der Waals surface area contributed by atoms with Crippen LogP contribution in [0.5, 0.6) is 0 Å². The van der Waals surface area contributed by atoms with E-state index in [1.54, 1.807) is 0 Å². The Morgan fingerprint density at radius 1 is 1.10 bits per heavy atom. The monoisotopic (exact) mass is 389 g/mol. The molecule has 2 aromatic heterocycles. The van der Waals surface area contributed by atoms with E-state index >= 15 is 0 Å². The number of hydrogen-bond donors (Lipinski definition) is 1. The summed E-state index contributed by atoms with van der Waals surface area (Å²) in [6.07, 6.45) is 6.43. The Bertz CT molecular complexity index is 1150. The predicted molar refractivity (Wildman–Crippen MR) is 115 cm³/mol. The average molecular weight is 389 g/mol. The number of ether oxygens (including phenoxy) is 1. The Balaban J connectivity index is 1.64. The molecule has 0 amide bonds. The molecule has 2 heterocycles. The molecule has 0 spiro atoms. The van der Waals surface area contributed by atoms with Crippen LogP contribution >= 0.6 is 0 Å². The molecule has 2 aromatic carbocycles. The van der Waals surface area contributed by atoms with Gasteiger partial charge in [-0.25, -0.2) is 0 Å². The van der Waals surface area contributed by atoms with Crippen molar-refractivity contribution in [3.8, 4) is 5.69 Å². The molecule has 5 nitrogen and oxygen atoms in total. The highest BCUT2D eigenvalue weighted by Gasteiger charge is 2.19. The minimum Gasteiger partial charge on any atom is -0.364 e. The molecule has 0 radical (unpaired) electrons. The molecule has 5 rings (SSSR count). The van der Waals surface area contributed by atoms with Crippen LogP contribution in [0.3, 0.4) is 0 Å². The van der Waals surface area contributed by atoms with Gasteiger partial charge in [-0.15, -0.1) is 0 Å². The number of nitrogens with zero attached hydrogens (tertiary/aromatic N) is 3. The van der Waals surface area contributed by atoms with Gasteiger partial charge in [-0.2, -0.15) is 5.10 Å². The maximum absolute atomic E-state index is 10.3. The first-order valence-electron chi connectivity index (χ1n) is 10.5. The van der Waals surface area contributed by atoms with Crippen molar-refractivity contribution in [2.75, 3.05) is 6.61 Å². The second kappa shape index (κ2) is 7.32. The van der Waals surface area contributed by atoms with E-state index in [-0.39, 0.29) is 0 Å². The lowest BCUT2D eigenvalue weighted by Gasteiger charge is -2.13. The number of benzene rings is 2. The van der Waals surface area contributed by atoms with Gasteiger partial charge in [-0.3, -0.25) is 9.25 Å². The predicted octanol–water partition coefficient (Wildman–Crippen LogP) is 5.20. The third-order valence-electron chi connectivity index (χ3n) is 6.16. The van der Waals surface area contributed by atoms with E-state index in [0.29, 0.717) is 12.5 Å². The summed E-state index contributed by atoms with van der Waals surface area (Å²) in [5.41, 5.74) is 5.34. The van der Waals surface area contributed by atoms with E-state index in [0.717, 1.165) is 33.2 Å². The summed E-state index contributed by atoms with van der Waals surface area (Å²) < 4.78 is 9.43. The summed E-state index contributed by atoms with van der Waals surface area (Å²) in [4.78, 5) is 0. The van der Waals surface area contributed by atoms with Crippen molar-refractivity contribution in [1.29, 1.82) is 0 Å². The highest BCUT2D eigenvalue weighted by molar-refractivity contribution is 6.08. The van der Waals surface area contributed by atoms with Crippen molar-refractivity contribution in [2.45, 2.75) is 44.8 Å². The summed E-state index contributed by atoms with van der Waals surface area (Å²) in [6, 6.07) is 15.0. The number of aryl methyl sites for hydroxylation is 1. The number of fused-ring (bicyclic) bond motifs is 3. The molecule has 0 saturated heterocycles. The second-order valence-electron chi connectivity index (χ2n) is 8.03. The number of aromatic nitrogens is 3. The van der Waals surface area contributed by atoms with Crippen molar-refractivity contribution in [1.82, 2.24) is 14.3 Å². The van der Waals surface area contributed by atoms with Gasteiger partial charge in [0.05, 0.1) is 5.52 Å². The second-order valence-corrected chi connectivity index (χ2v) is 8.03. The third-order valence-corrected chi connectivity index (χ3v) is 6.16. The van der Waals surface area contributed by atoms with Crippen molar-refractivity contribution in [3.05, 3.63) is 59.8 Å². The first kappa shape index (κ1) is 18.4. The van der Waals surface area contributed by atoms with E-state index in [2.05, 4.69) is 34.9 Å². The highest BCUT2D eigenvalue weighted by Crippen LogP contribution is 2.36. The summed E-state index contributed by atoms with van der Waals surface area (Å²) >= 11 is 0. The van der Waals surface area contributed by atoms with Gasteiger partial charge < -0.3 is 9.84 Å². The minimum atomic E-state index is -0.912. The molecule has 4 aromatic rings. The molecular weight excluding hydrogens is 362 g/mol. The third kappa shape index (κ3) is 3.15. The molecule has 1 N–H and O–H groups in total. The smallest absolute Gasteiger partial charge is 0.181 e. The quantitative estimate of drug-likeness (QED) is 0.477. The lowest BCUT2D eigenvalue weighted by molar-refractivity contribution is -0.0978. The fraction of sp³-hybridized carbons (Fsp3) is 0.375. The van der Waals surface area contributed by atoms with E-state index in [4.69, 9.17) is 9.84 Å². The molecule has 1 aliphatic rings. The zero-order valence-electron chi connectivity index (χ0n) is 17.0. The highest BCUT2D eigenvalue weighted by atomic mass is 16.6. The summed E-state index contributed by atoms with van der Waals surface area (Å²) in [5.74, 6) is 0.711. The van der Waals surface area contributed by atoms with E-state index in [1.807, 2.05) is 37.0 Å². The van der Waals surface area contributed by atoms with Crippen LogP contribution in [0, 0.1) is 0 Å². The Labute approximate surface area is 170 Å². The lowest BCUT2D eigenvalue weighted by Crippen LogP contribution is -2.03. The first-order chi connectivity index (χ1) is 14.2. The van der Waals surface area contributed by atoms with E-state index in [9.17, 15) is 5.11 Å². The standard InChI is InChI=1S/C24H27N3O2/c1-3-29-24(28)18-10-13-22-20(14-18)21-15-26(2)25-23(21)27(22)19-11-8-17(9-12-19)16-6-4-5-7-16/h8-16,24,28H,3-7H2,1-2H3. The van der Waals surface area contributed by atoms with Gasteiger partial charge in [-0.05, 0) is 55.5 Å². The van der Waals surface area contributed by atoms with Crippen molar-refractivity contribution in [2.24, 2.45) is 7.05 Å². The summed E-state index contributed by atoms with van der Waals surface area (Å²) in [6.45, 7) is 2.35. The van der Waals surface area contributed by atoms with E-state index in [1.165, 1.54) is 31.2 Å². The fourth-order valence-corrected chi connectivity index (χ4v) is 4.73. The Hall–Kier alpha value is -2.63. The Morgan fingerprint density at radius 2 is 1.86 bits per heavy atom. The Morgan fingerprint density at radius 3 is 2.59 bits per heavy atom. The topological polar surface area (TPSA) is 52.2 Å². The van der Waals surface area contributed by atoms with Crippen molar-refractivity contribution in [3.63, 3.8) is 0 Å². The molecule has 1 unspecified atom stereocenters. The maximum atomic E-state index is 10.3. The van der Waals surface area contributed by atoms with Crippen LogP contribution in [-0.2, 0) is 11.8 Å². The van der Waals surface area contributed by atoms with Gasteiger partial charge in [0.1, 0.15) is 0 Å². The number of aliphatic hydroxyl groups excluding tert-OH is 1. The Kier molecular flexibility index (Phi) is 4.64. The molecule has 1 fully saturated rings. The molecule has 1 atom stereocenters. The zero-order chi connectivity index (χ0) is 20.0. The summed E-state index contributed by atoms with van der Waals surface area (Å²) in [5, 5.41) is 17.1. The fourth-order valence-electron chi connectivity index (χ4n) is 4.73. The summed E-state index contributed by atoms with van der Waals surface area (Å²) in [7, 11) is 1.94. The minimum absolute atomic E-state index is 0.468. The van der Waals surface area contributed by atoms with Crippen LogP contribution in [0.25, 0.3) is 27.6 Å². The van der Waals surface area contributed by atoms with Crippen LogP contribution in [-0.4, -0.2) is 26.1 Å². The zero-order valence-corrected chi connectivity index (χ0v) is 17.0. The molecule has 0 aliphatic heterocycles. The van der Waals surface area contributed by atoms with Crippen LogP contribution in [0.2, 0.25) is 0 Å². The average Bonchev–Trinajstić information content (AvgIpc) is 3.44. The van der Waals surface area contributed by atoms with Crippen LogP contribution in [0.15, 0.2) is 48.7 Å². The van der Waals surface area contributed by atoms with Crippen LogP contribution < -0.4 is 0 Å². The molecule has 0 bridgehead atoms. The van der Waals surface area contributed by atoms with Crippen LogP contribution in [0.4, 0.5) is 0 Å². The number of hydrogen-bond acceptors (Lipinski definition) is 3. The molecule has 150 valence electrons. The van der Waals surface area contributed by atoms with Gasteiger partial charge in [0.15, 0.2) is 11.9 Å². The van der Waals surface area contributed by atoms with Crippen molar-refractivity contribution >= 4 is 21.9 Å². The van der Waals surface area contributed by atoms with Crippen molar-refractivity contribution < 1.29 is 9.84 Å². The van der Waals surface area contributed by atoms with Gasteiger partial charge in [-0.1, -0.05) is 31.0 Å². The normalized spacial score (nSPS) is 16.2. The first-order valence-corrected chi connectivity index (χ1v) is 10.5. The molecular formula is C24H27N3O2. The van der Waals surface area contributed by atoms with Gasteiger partial charge in [0, 0.05) is 41.9 Å². The molecule has 1 aliphatic carbocycles. The van der Waals surface area contributed by atoms with Crippen LogP contribution in [0.1, 0.15) is 55.9 Å². The number of rotatable bonds is 5. The largest absolute Gasteiger partial charge is 0.364 e. The van der Waals surface area contributed by atoms with Gasteiger partial charge in [0.2, 0.25) is 0 Å². The maximum Gasteiger partial charge on any atom is 0.181 e. The van der Waals surface area contributed by atoms with Gasteiger partial charge in [0.25, 0.3) is 0 Å². The SMILES string of the molecule is CCOC(O)c1ccc2c(c1)c1cn(C)nc1n2-c1ccc(C2CCCC2)cc1. The number of aliphatic hydroxyl groups is 1.